The molecule has 4 nitrogen and oxygen atoms in total. The van der Waals surface area contributed by atoms with E-state index in [9.17, 15) is 9.05 Å². The average molecular weight is 115 g/mol. The van der Waals surface area contributed by atoms with Crippen molar-refractivity contribution in [2.45, 2.75) is 0 Å². The van der Waals surface area contributed by atoms with Gasteiger partial charge in [0.1, 0.15) is 0 Å². The first-order chi connectivity index (χ1) is 2.56. The van der Waals surface area contributed by atoms with Crippen molar-refractivity contribution in [3.05, 3.63) is 0 Å². The van der Waals surface area contributed by atoms with E-state index in [0.29, 0.717) is 0 Å². The topological polar surface area (TPSA) is 69.6 Å². The SMILES string of the molecule is O=P(O)(O)NF. The minimum atomic E-state index is -4.56. The van der Waals surface area contributed by atoms with E-state index in [0.717, 1.165) is 0 Å². The van der Waals surface area contributed by atoms with Crippen LogP contribution in [0.2, 0.25) is 0 Å². The monoisotopic (exact) mass is 115 g/mol. The van der Waals surface area contributed by atoms with Gasteiger partial charge in [0, 0.05) is 0 Å². The van der Waals surface area contributed by atoms with E-state index in [1.54, 1.807) is 0 Å². The van der Waals surface area contributed by atoms with Crippen LogP contribution in [0.5, 0.6) is 0 Å². The van der Waals surface area contributed by atoms with Crippen LogP contribution in [0.15, 0.2) is 0 Å². The van der Waals surface area contributed by atoms with E-state index < -0.39 is 7.75 Å². The smallest absolute Gasteiger partial charge is 0.311 e. The number of halogens is 1. The number of hydrogen-bond donors (Lipinski definition) is 3. The summed E-state index contributed by atoms with van der Waals surface area (Å²) in [6.45, 7) is 0. The second-order valence-electron chi connectivity index (χ2n) is 0.629. The summed E-state index contributed by atoms with van der Waals surface area (Å²) in [7, 11) is -4.56. The molecule has 0 saturated carbocycles. The molecule has 0 aliphatic rings. The van der Waals surface area contributed by atoms with Crippen LogP contribution in [0.25, 0.3) is 0 Å². The highest BCUT2D eigenvalue weighted by Crippen LogP contribution is 2.27. The van der Waals surface area contributed by atoms with Gasteiger partial charge in [0.05, 0.1) is 0 Å². The normalized spacial score (nSPS) is 11.8. The van der Waals surface area contributed by atoms with Crippen LogP contribution >= 0.6 is 7.75 Å². The molecule has 0 amide bonds. The highest BCUT2D eigenvalue weighted by molar-refractivity contribution is 7.49. The molecule has 0 spiro atoms. The summed E-state index contributed by atoms with van der Waals surface area (Å²) in [5.41, 5.74) is 0. The minimum Gasteiger partial charge on any atom is -0.311 e. The Hall–Kier alpha value is 0.0400. The van der Waals surface area contributed by atoms with Crippen molar-refractivity contribution in [3.63, 3.8) is 0 Å². The molecule has 38 valence electrons. The molecule has 6 heavy (non-hydrogen) atoms. The largest absolute Gasteiger partial charge is 0.427 e. The molecule has 0 radical (unpaired) electrons. The zero-order chi connectivity index (χ0) is 5.21. The van der Waals surface area contributed by atoms with Gasteiger partial charge in [-0.05, 0) is 0 Å². The van der Waals surface area contributed by atoms with E-state index in [2.05, 4.69) is 0 Å². The Balaban J connectivity index is 3.48. The number of rotatable bonds is 1. The zero-order valence-electron chi connectivity index (χ0n) is 2.63. The van der Waals surface area contributed by atoms with Gasteiger partial charge in [-0.3, -0.25) is 0 Å². The Morgan fingerprint density at radius 1 is 1.67 bits per heavy atom. The molecule has 0 fully saturated rings. The van der Waals surface area contributed by atoms with Crippen LogP contribution in [0.4, 0.5) is 4.48 Å². The number of hydrogen-bond acceptors (Lipinski definition) is 1. The second-order valence-corrected chi connectivity index (χ2v) is 1.89. The van der Waals surface area contributed by atoms with Gasteiger partial charge in [0.25, 0.3) is 0 Å². The summed E-state index contributed by atoms with van der Waals surface area (Å²) in [4.78, 5) is 14.9. The Bertz CT molecular complexity index is 74.9. The molecule has 0 aromatic rings. The lowest BCUT2D eigenvalue weighted by molar-refractivity contribution is 0.297. The summed E-state index contributed by atoms with van der Waals surface area (Å²) in [5, 5.41) is 0.271. The predicted molar refractivity (Wildman–Crippen MR) is 16.3 cm³/mol. The molecule has 0 bridgehead atoms. The maximum absolute atomic E-state index is 10.5. The van der Waals surface area contributed by atoms with Gasteiger partial charge in [-0.25, -0.2) is 4.57 Å². The molecule has 0 aliphatic heterocycles. The van der Waals surface area contributed by atoms with Crippen molar-refractivity contribution in [3.8, 4) is 0 Å². The second kappa shape index (κ2) is 1.66. The number of nitrogens with one attached hydrogen (secondary N) is 1. The van der Waals surface area contributed by atoms with E-state index in [4.69, 9.17) is 9.79 Å². The maximum Gasteiger partial charge on any atom is 0.427 e. The van der Waals surface area contributed by atoms with Crippen LogP contribution in [0.1, 0.15) is 0 Å². The third kappa shape index (κ3) is 4.04. The van der Waals surface area contributed by atoms with Crippen molar-refractivity contribution in [2.75, 3.05) is 0 Å². The summed E-state index contributed by atoms with van der Waals surface area (Å²) < 4.78 is 19.7. The molecule has 0 aromatic carbocycles. The molecule has 0 unspecified atom stereocenters. The van der Waals surface area contributed by atoms with Gasteiger partial charge in [0.2, 0.25) is 0 Å². The van der Waals surface area contributed by atoms with E-state index in [1.807, 2.05) is 0 Å². The van der Waals surface area contributed by atoms with Gasteiger partial charge < -0.3 is 9.79 Å². The molecular formula is H3FNO3P. The van der Waals surface area contributed by atoms with Crippen molar-refractivity contribution in [2.24, 2.45) is 0 Å². The molecule has 6 heteroatoms. The molecule has 0 rings (SSSR count). The van der Waals surface area contributed by atoms with E-state index in [-0.39, 0.29) is 5.31 Å². The first-order valence-electron chi connectivity index (χ1n) is 0.995. The standard InChI is InChI=1S/FH3NO3P/c1-2-6(3,4)5/h(H3,2,3,4,5). The van der Waals surface area contributed by atoms with Crippen molar-refractivity contribution >= 4 is 7.75 Å². The lowest BCUT2D eigenvalue weighted by Crippen LogP contribution is -1.92. The van der Waals surface area contributed by atoms with Crippen LogP contribution in [0, 0.1) is 0 Å². The first kappa shape index (κ1) is 6.04. The lowest BCUT2D eigenvalue weighted by atomic mass is 13.8. The summed E-state index contributed by atoms with van der Waals surface area (Å²) in [6, 6.07) is 0. The Morgan fingerprint density at radius 2 is 1.83 bits per heavy atom. The van der Waals surface area contributed by atoms with Crippen molar-refractivity contribution < 1.29 is 18.8 Å². The van der Waals surface area contributed by atoms with Gasteiger partial charge in [-0.2, -0.15) is 0 Å². The fourth-order valence-corrected chi connectivity index (χ4v) is 0. The summed E-state index contributed by atoms with van der Waals surface area (Å²) in [6.07, 6.45) is 0. The van der Waals surface area contributed by atoms with Crippen molar-refractivity contribution in [1.82, 2.24) is 5.31 Å². The van der Waals surface area contributed by atoms with Crippen LogP contribution in [-0.4, -0.2) is 9.79 Å². The van der Waals surface area contributed by atoms with E-state index in [1.165, 1.54) is 0 Å². The summed E-state index contributed by atoms with van der Waals surface area (Å²) in [5.74, 6) is 0. The van der Waals surface area contributed by atoms with Gasteiger partial charge in [-0.15, -0.1) is 4.48 Å². The van der Waals surface area contributed by atoms with Crippen LogP contribution < -0.4 is 5.31 Å². The van der Waals surface area contributed by atoms with Gasteiger partial charge >= 0.3 is 7.75 Å². The predicted octanol–water partition coefficient (Wildman–Crippen LogP) is -0.447. The zero-order valence-corrected chi connectivity index (χ0v) is 3.52. The highest BCUT2D eigenvalue weighted by atomic mass is 31.2. The van der Waals surface area contributed by atoms with Crippen LogP contribution in [0.3, 0.4) is 0 Å². The third-order valence-corrected chi connectivity index (χ3v) is 0.330. The molecule has 0 atom stereocenters. The fourth-order valence-electron chi connectivity index (χ4n) is 0. The Kier molecular flexibility index (Phi) is 1.67. The molecule has 3 N–H and O–H groups in total. The Morgan fingerprint density at radius 3 is 1.83 bits per heavy atom. The Labute approximate surface area is 33.1 Å². The average Bonchev–Trinajstić information content (AvgIpc) is 1.35. The van der Waals surface area contributed by atoms with Gasteiger partial charge in [-0.1, -0.05) is 5.31 Å². The molecule has 0 heterocycles. The quantitative estimate of drug-likeness (QED) is 0.320. The third-order valence-electron chi connectivity index (χ3n) is 0.110. The molecular weight excluding hydrogens is 112 g/mol. The van der Waals surface area contributed by atoms with Crippen molar-refractivity contribution in [1.29, 1.82) is 0 Å². The summed E-state index contributed by atoms with van der Waals surface area (Å²) >= 11 is 0. The maximum atomic E-state index is 10.5. The van der Waals surface area contributed by atoms with Crippen LogP contribution in [-0.2, 0) is 4.57 Å². The fraction of sp³-hybridized carbons (Fsp3) is 0. The molecule has 0 aromatic heterocycles. The minimum absolute atomic E-state index is 0.271. The van der Waals surface area contributed by atoms with Gasteiger partial charge in [0.15, 0.2) is 0 Å². The molecule has 0 saturated heterocycles. The molecule has 0 aliphatic carbocycles. The highest BCUT2D eigenvalue weighted by Gasteiger charge is 2.08. The lowest BCUT2D eigenvalue weighted by Gasteiger charge is -1.90. The van der Waals surface area contributed by atoms with E-state index >= 15 is 0 Å². The first-order valence-corrected chi connectivity index (χ1v) is 2.61.